The van der Waals surface area contributed by atoms with E-state index in [4.69, 9.17) is 18.9 Å². The van der Waals surface area contributed by atoms with Crippen LogP contribution in [0, 0.1) is 0 Å². The molecule has 0 aliphatic rings. The van der Waals surface area contributed by atoms with Crippen molar-refractivity contribution in [2.75, 3.05) is 28.4 Å². The van der Waals surface area contributed by atoms with E-state index in [0.29, 0.717) is 0 Å². The van der Waals surface area contributed by atoms with Gasteiger partial charge in [-0.25, -0.2) is 0 Å². The third-order valence-corrected chi connectivity index (χ3v) is 10.9. The molecule has 0 heterocycles. The summed E-state index contributed by atoms with van der Waals surface area (Å²) in [6.45, 7) is 0. The molecular formula is C16H16Br2O16S4. The summed E-state index contributed by atoms with van der Waals surface area (Å²) in [6.07, 6.45) is 0. The molecule has 0 fully saturated rings. The molecule has 0 aliphatic carbocycles. The molecule has 214 valence electrons. The second-order valence-corrected chi connectivity index (χ2v) is 13.7. The first-order valence-electron chi connectivity index (χ1n) is 8.96. The van der Waals surface area contributed by atoms with Crippen LogP contribution in [-0.2, 0) is 40.5 Å². The average Bonchev–Trinajstić information content (AvgIpc) is 2.73. The second-order valence-electron chi connectivity index (χ2n) is 6.73. The van der Waals surface area contributed by atoms with E-state index in [2.05, 4.69) is 31.9 Å². The van der Waals surface area contributed by atoms with Crippen LogP contribution in [0.1, 0.15) is 0 Å². The largest absolute Gasteiger partial charge is 0.494 e. The van der Waals surface area contributed by atoms with E-state index < -0.39 is 103 Å². The van der Waals surface area contributed by atoms with Gasteiger partial charge in [0.2, 0.25) is 0 Å². The summed E-state index contributed by atoms with van der Waals surface area (Å²) in [6, 6.07) is 0. The van der Waals surface area contributed by atoms with Gasteiger partial charge in [0, 0.05) is 0 Å². The fourth-order valence-electron chi connectivity index (χ4n) is 3.42. The Labute approximate surface area is 233 Å². The van der Waals surface area contributed by atoms with Gasteiger partial charge in [-0.1, -0.05) is 0 Å². The van der Waals surface area contributed by atoms with Crippen LogP contribution in [0.2, 0.25) is 0 Å². The molecule has 0 aliphatic heterocycles. The van der Waals surface area contributed by atoms with E-state index in [1.165, 1.54) is 0 Å². The molecule has 0 unspecified atom stereocenters. The van der Waals surface area contributed by atoms with Gasteiger partial charge < -0.3 is 18.9 Å². The monoisotopic (exact) mass is 750 g/mol. The lowest BCUT2D eigenvalue weighted by Gasteiger charge is -2.25. The van der Waals surface area contributed by atoms with E-state index in [-0.39, 0.29) is 0 Å². The Hall–Kier alpha value is -1.76. The Morgan fingerprint density at radius 2 is 0.605 bits per heavy atom. The minimum Gasteiger partial charge on any atom is -0.494 e. The van der Waals surface area contributed by atoms with Gasteiger partial charge in [-0.05, 0) is 31.9 Å². The molecule has 22 heteroatoms. The summed E-state index contributed by atoms with van der Waals surface area (Å²) in [7, 11) is -18.7. The number of halogens is 2. The number of benzene rings is 2. The summed E-state index contributed by atoms with van der Waals surface area (Å²) in [5, 5.41) is 0. The molecule has 0 saturated carbocycles. The zero-order valence-electron chi connectivity index (χ0n) is 19.1. The zero-order chi connectivity index (χ0) is 29.8. The van der Waals surface area contributed by atoms with Crippen molar-refractivity contribution < 1.29 is 70.8 Å². The Bertz CT molecular complexity index is 1510. The second kappa shape index (κ2) is 10.7. The molecule has 0 saturated heterocycles. The van der Waals surface area contributed by atoms with Gasteiger partial charge >= 0.3 is 0 Å². The van der Waals surface area contributed by atoms with Crippen LogP contribution in [-0.4, -0.2) is 80.3 Å². The molecule has 4 N–H and O–H groups in total. The summed E-state index contributed by atoms with van der Waals surface area (Å²) < 4.78 is 156. The maximum Gasteiger partial charge on any atom is 0.299 e. The quantitative estimate of drug-likeness (QED) is 0.267. The van der Waals surface area contributed by atoms with E-state index >= 15 is 0 Å². The van der Waals surface area contributed by atoms with Crippen molar-refractivity contribution >= 4 is 72.3 Å². The third kappa shape index (κ3) is 5.59. The number of hydrogen-bond donors (Lipinski definition) is 4. The van der Waals surface area contributed by atoms with Crippen LogP contribution < -0.4 is 18.9 Å². The van der Waals surface area contributed by atoms with E-state index in [1.54, 1.807) is 0 Å². The Morgan fingerprint density at radius 3 is 0.711 bits per heavy atom. The van der Waals surface area contributed by atoms with Gasteiger partial charge in [0.15, 0.2) is 42.6 Å². The first-order chi connectivity index (χ1) is 17.1. The third-order valence-electron chi connectivity index (χ3n) is 4.63. The predicted molar refractivity (Wildman–Crippen MR) is 133 cm³/mol. The summed E-state index contributed by atoms with van der Waals surface area (Å²) >= 11 is 5.28. The van der Waals surface area contributed by atoms with E-state index in [0.717, 1.165) is 28.4 Å². The lowest BCUT2D eigenvalue weighted by molar-refractivity contribution is 0.363. The SMILES string of the molecule is COc1c(-c2c(OC)c(S(=O)(=O)O)c(Br)c(S(=O)(=O)O)c2OC)c(OC)c(S(=O)(=O)O)c(Br)c1S(=O)(=O)O. The molecule has 16 nitrogen and oxygen atoms in total. The summed E-state index contributed by atoms with van der Waals surface area (Å²) in [5.74, 6) is -4.09. The number of hydrogen-bond acceptors (Lipinski definition) is 12. The van der Waals surface area contributed by atoms with Crippen molar-refractivity contribution in [2.24, 2.45) is 0 Å². The van der Waals surface area contributed by atoms with Crippen LogP contribution in [0.15, 0.2) is 28.5 Å². The lowest BCUT2D eigenvalue weighted by atomic mass is 10.0. The molecule has 0 aromatic heterocycles. The zero-order valence-corrected chi connectivity index (χ0v) is 25.5. The van der Waals surface area contributed by atoms with E-state index in [1.807, 2.05) is 0 Å². The van der Waals surface area contributed by atoms with Crippen molar-refractivity contribution in [2.45, 2.75) is 19.6 Å². The van der Waals surface area contributed by atoms with Gasteiger partial charge in [-0.15, -0.1) is 0 Å². The summed E-state index contributed by atoms with van der Waals surface area (Å²) in [5.41, 5.74) is -1.98. The number of rotatable bonds is 9. The molecule has 0 spiro atoms. The van der Waals surface area contributed by atoms with Crippen molar-refractivity contribution in [3.63, 3.8) is 0 Å². The molecule has 2 rings (SSSR count). The predicted octanol–water partition coefficient (Wildman–Crippen LogP) is 1.90. The topological polar surface area (TPSA) is 254 Å². The van der Waals surface area contributed by atoms with Crippen molar-refractivity contribution in [1.29, 1.82) is 0 Å². The molecule has 38 heavy (non-hydrogen) atoms. The lowest BCUT2D eigenvalue weighted by Crippen LogP contribution is -2.14. The standard InChI is InChI=1S/C16H16Br2O16S4/c1-31-9-5(10(32-2)14(36(22,23)24)7(17)13(9)35(19,20)21)6-11(33-3)15(37(25,26)27)8(18)16(12(6)34-4)38(28,29)30/h1-4H3,(H,19,20,21)(H,22,23,24)(H,25,26,27)(H,28,29,30). The van der Waals surface area contributed by atoms with Crippen LogP contribution in [0.25, 0.3) is 11.1 Å². The highest BCUT2D eigenvalue weighted by Crippen LogP contribution is 2.58. The molecule has 0 atom stereocenters. The normalized spacial score (nSPS) is 12.8. The Kier molecular flexibility index (Phi) is 9.11. The van der Waals surface area contributed by atoms with Crippen molar-refractivity contribution in [3.05, 3.63) is 8.95 Å². The number of ether oxygens (including phenoxy) is 4. The molecule has 2 aromatic carbocycles. The average molecular weight is 752 g/mol. The van der Waals surface area contributed by atoms with E-state index in [9.17, 15) is 51.9 Å². The fraction of sp³-hybridized carbons (Fsp3) is 0.250. The van der Waals surface area contributed by atoms with Crippen molar-refractivity contribution in [1.82, 2.24) is 0 Å². The van der Waals surface area contributed by atoms with Gasteiger partial charge in [-0.3, -0.25) is 18.2 Å². The van der Waals surface area contributed by atoms with Crippen molar-refractivity contribution in [3.8, 4) is 34.1 Å². The Balaban J connectivity index is 3.73. The molecule has 2 aromatic rings. The van der Waals surface area contributed by atoms with Gasteiger partial charge in [0.25, 0.3) is 40.5 Å². The maximum atomic E-state index is 12.3. The molecular weight excluding hydrogens is 736 g/mol. The highest BCUT2D eigenvalue weighted by Gasteiger charge is 2.42. The number of methoxy groups -OCH3 is 4. The van der Waals surface area contributed by atoms with Crippen LogP contribution in [0.3, 0.4) is 0 Å². The van der Waals surface area contributed by atoms with Gasteiger partial charge in [-0.2, -0.15) is 33.7 Å². The van der Waals surface area contributed by atoms with Crippen LogP contribution in [0.5, 0.6) is 23.0 Å². The Morgan fingerprint density at radius 1 is 0.447 bits per heavy atom. The highest BCUT2D eigenvalue weighted by molar-refractivity contribution is 9.10. The van der Waals surface area contributed by atoms with Crippen LogP contribution >= 0.6 is 31.9 Å². The van der Waals surface area contributed by atoms with Gasteiger partial charge in [0.1, 0.15) is 0 Å². The molecule has 0 amide bonds. The minimum atomic E-state index is -5.47. The smallest absolute Gasteiger partial charge is 0.299 e. The first kappa shape index (κ1) is 32.5. The van der Waals surface area contributed by atoms with Crippen LogP contribution in [0.4, 0.5) is 0 Å². The maximum absolute atomic E-state index is 12.3. The minimum absolute atomic E-state index is 0.803. The molecule has 0 radical (unpaired) electrons. The molecule has 0 bridgehead atoms. The summed E-state index contributed by atoms with van der Waals surface area (Å²) in [4.78, 5) is -5.45. The first-order valence-corrected chi connectivity index (χ1v) is 16.3. The highest BCUT2D eigenvalue weighted by atomic mass is 79.9. The van der Waals surface area contributed by atoms with Gasteiger partial charge in [0.05, 0.1) is 48.5 Å². The fourth-order valence-corrected chi connectivity index (χ4v) is 9.72.